The highest BCUT2D eigenvalue weighted by Crippen LogP contribution is 2.37. The van der Waals surface area contributed by atoms with Crippen molar-refractivity contribution in [1.82, 2.24) is 0 Å². The number of hydrogen-bond donors (Lipinski definition) is 1. The van der Waals surface area contributed by atoms with Gasteiger partial charge < -0.3 is 19.3 Å². The number of esters is 2. The summed E-state index contributed by atoms with van der Waals surface area (Å²) in [6.07, 6.45) is -7.10. The van der Waals surface area contributed by atoms with Gasteiger partial charge in [-0.3, -0.25) is 9.59 Å². The predicted molar refractivity (Wildman–Crippen MR) is 52.6 cm³/mol. The maximum Gasteiger partial charge on any atom is 0.347 e. The SMILES string of the molecule is CC(=O)O[C@@H]1O[C@@H](C)[C@@H](O)[C@@H](OC(C)=O)C1(F)F. The van der Waals surface area contributed by atoms with Crippen molar-refractivity contribution >= 4 is 11.9 Å². The lowest BCUT2D eigenvalue weighted by atomic mass is 9.98. The molecule has 0 radical (unpaired) electrons. The monoisotopic (exact) mass is 268 g/mol. The van der Waals surface area contributed by atoms with Gasteiger partial charge in [0.15, 0.2) is 6.10 Å². The molecule has 104 valence electrons. The van der Waals surface area contributed by atoms with E-state index in [9.17, 15) is 23.5 Å². The lowest BCUT2D eigenvalue weighted by Crippen LogP contribution is -2.63. The Morgan fingerprint density at radius 3 is 2.17 bits per heavy atom. The Morgan fingerprint density at radius 2 is 1.72 bits per heavy atom. The van der Waals surface area contributed by atoms with Crippen molar-refractivity contribution in [3.05, 3.63) is 0 Å². The van der Waals surface area contributed by atoms with E-state index in [1.807, 2.05) is 0 Å². The minimum Gasteiger partial charge on any atom is -0.453 e. The first kappa shape index (κ1) is 14.8. The van der Waals surface area contributed by atoms with Gasteiger partial charge in [-0.25, -0.2) is 0 Å². The molecule has 8 heteroatoms. The van der Waals surface area contributed by atoms with E-state index in [-0.39, 0.29) is 0 Å². The smallest absolute Gasteiger partial charge is 0.347 e. The normalized spacial score (nSPS) is 34.8. The summed E-state index contributed by atoms with van der Waals surface area (Å²) in [5.74, 6) is -5.78. The van der Waals surface area contributed by atoms with Crippen molar-refractivity contribution in [3.8, 4) is 0 Å². The largest absolute Gasteiger partial charge is 0.453 e. The van der Waals surface area contributed by atoms with Crippen LogP contribution in [-0.4, -0.2) is 47.6 Å². The Bertz CT molecular complexity index is 345. The van der Waals surface area contributed by atoms with Gasteiger partial charge in [0.25, 0.3) is 6.29 Å². The number of carbonyl (C=O) groups excluding carboxylic acids is 2. The van der Waals surface area contributed by atoms with Gasteiger partial charge in [-0.2, -0.15) is 8.78 Å². The van der Waals surface area contributed by atoms with Gasteiger partial charge >= 0.3 is 17.9 Å². The maximum atomic E-state index is 13.8. The molecule has 0 saturated carbocycles. The lowest BCUT2D eigenvalue weighted by molar-refractivity contribution is -0.343. The van der Waals surface area contributed by atoms with Crippen LogP contribution in [0.2, 0.25) is 0 Å². The molecule has 0 aromatic carbocycles. The molecule has 4 atom stereocenters. The highest BCUT2D eigenvalue weighted by molar-refractivity contribution is 5.67. The highest BCUT2D eigenvalue weighted by atomic mass is 19.3. The summed E-state index contributed by atoms with van der Waals surface area (Å²) < 4.78 is 41.1. The minimum atomic E-state index is -3.83. The summed E-state index contributed by atoms with van der Waals surface area (Å²) in [5.41, 5.74) is 0. The van der Waals surface area contributed by atoms with Crippen LogP contribution < -0.4 is 0 Å². The van der Waals surface area contributed by atoms with Crippen molar-refractivity contribution in [1.29, 1.82) is 0 Å². The molecule has 0 bridgehead atoms. The average Bonchev–Trinajstić information content (AvgIpc) is 2.21. The van der Waals surface area contributed by atoms with E-state index in [0.29, 0.717) is 0 Å². The zero-order valence-corrected chi connectivity index (χ0v) is 10.1. The second-order valence-corrected chi connectivity index (χ2v) is 3.98. The first-order chi connectivity index (χ1) is 8.16. The molecular weight excluding hydrogens is 254 g/mol. The number of aliphatic hydroxyl groups is 1. The van der Waals surface area contributed by atoms with Crippen LogP contribution in [0.25, 0.3) is 0 Å². The van der Waals surface area contributed by atoms with E-state index in [4.69, 9.17) is 4.74 Å². The molecule has 0 unspecified atom stereocenters. The molecule has 0 aliphatic carbocycles. The first-order valence-electron chi connectivity index (χ1n) is 5.22. The molecule has 1 fully saturated rings. The molecule has 1 rings (SSSR count). The second kappa shape index (κ2) is 5.15. The van der Waals surface area contributed by atoms with E-state index in [2.05, 4.69) is 9.47 Å². The Kier molecular flexibility index (Phi) is 4.23. The highest BCUT2D eigenvalue weighted by Gasteiger charge is 2.61. The molecule has 0 aromatic heterocycles. The zero-order chi connectivity index (χ0) is 14.1. The Labute approximate surface area is 102 Å². The summed E-state index contributed by atoms with van der Waals surface area (Å²) in [5, 5.41) is 9.55. The van der Waals surface area contributed by atoms with Gasteiger partial charge in [0.2, 0.25) is 0 Å². The summed E-state index contributed by atoms with van der Waals surface area (Å²) >= 11 is 0. The zero-order valence-electron chi connectivity index (χ0n) is 10.1. The van der Waals surface area contributed by atoms with E-state index in [1.54, 1.807) is 0 Å². The van der Waals surface area contributed by atoms with E-state index in [1.165, 1.54) is 6.92 Å². The van der Waals surface area contributed by atoms with Crippen LogP contribution in [-0.2, 0) is 23.8 Å². The summed E-state index contributed by atoms with van der Waals surface area (Å²) in [7, 11) is 0. The average molecular weight is 268 g/mol. The van der Waals surface area contributed by atoms with E-state index >= 15 is 0 Å². The minimum absolute atomic E-state index is 0.934. The molecule has 1 N–H and O–H groups in total. The number of ether oxygens (including phenoxy) is 3. The molecule has 1 heterocycles. The van der Waals surface area contributed by atoms with Crippen LogP contribution >= 0.6 is 0 Å². The van der Waals surface area contributed by atoms with Crippen LogP contribution in [0.5, 0.6) is 0 Å². The Hall–Kier alpha value is -1.28. The first-order valence-corrected chi connectivity index (χ1v) is 5.22. The molecular formula is C10H14F2O6. The van der Waals surface area contributed by atoms with Gasteiger partial charge in [0.1, 0.15) is 6.10 Å². The molecule has 0 amide bonds. The summed E-state index contributed by atoms with van der Waals surface area (Å²) in [6, 6.07) is 0. The number of carbonyl (C=O) groups is 2. The molecule has 0 aromatic rings. The number of hydrogen-bond acceptors (Lipinski definition) is 6. The number of alkyl halides is 2. The van der Waals surface area contributed by atoms with Gasteiger partial charge in [0, 0.05) is 13.8 Å². The third-order valence-corrected chi connectivity index (χ3v) is 2.39. The van der Waals surface area contributed by atoms with Gasteiger partial charge in [-0.05, 0) is 6.92 Å². The number of aliphatic hydroxyl groups excluding tert-OH is 1. The third-order valence-electron chi connectivity index (χ3n) is 2.39. The maximum absolute atomic E-state index is 13.8. The quantitative estimate of drug-likeness (QED) is 0.721. The van der Waals surface area contributed by atoms with Crippen LogP contribution in [0.1, 0.15) is 20.8 Å². The Morgan fingerprint density at radius 1 is 1.22 bits per heavy atom. The number of halogens is 2. The molecule has 0 spiro atoms. The fraction of sp³-hybridized carbons (Fsp3) is 0.800. The van der Waals surface area contributed by atoms with Crippen molar-refractivity contribution in [2.24, 2.45) is 0 Å². The van der Waals surface area contributed by atoms with Crippen molar-refractivity contribution in [2.45, 2.75) is 51.3 Å². The van der Waals surface area contributed by atoms with Gasteiger partial charge in [-0.15, -0.1) is 0 Å². The topological polar surface area (TPSA) is 82.1 Å². The predicted octanol–water partition coefficient (Wildman–Crippen LogP) is 0.222. The molecule has 18 heavy (non-hydrogen) atoms. The Balaban J connectivity index is 2.97. The van der Waals surface area contributed by atoms with E-state index in [0.717, 1.165) is 13.8 Å². The van der Waals surface area contributed by atoms with Crippen molar-refractivity contribution in [3.63, 3.8) is 0 Å². The summed E-state index contributed by atoms with van der Waals surface area (Å²) in [6.45, 7) is 3.17. The van der Waals surface area contributed by atoms with Crippen LogP contribution in [0.3, 0.4) is 0 Å². The summed E-state index contributed by atoms with van der Waals surface area (Å²) in [4.78, 5) is 21.5. The van der Waals surface area contributed by atoms with Crippen LogP contribution in [0, 0.1) is 0 Å². The standard InChI is InChI=1S/C10H14F2O6/c1-4-7(15)8(17-5(2)13)10(11,12)9(16-4)18-6(3)14/h4,7-9,15H,1-3H3/t4-,7+,8+,9-/m0/s1. The van der Waals surface area contributed by atoms with Gasteiger partial charge in [-0.1, -0.05) is 0 Å². The molecule has 6 nitrogen and oxygen atoms in total. The van der Waals surface area contributed by atoms with Crippen LogP contribution in [0.15, 0.2) is 0 Å². The lowest BCUT2D eigenvalue weighted by Gasteiger charge is -2.41. The van der Waals surface area contributed by atoms with Crippen LogP contribution in [0.4, 0.5) is 8.78 Å². The second-order valence-electron chi connectivity index (χ2n) is 3.98. The fourth-order valence-electron chi connectivity index (χ4n) is 1.56. The van der Waals surface area contributed by atoms with Crippen molar-refractivity contribution in [2.75, 3.05) is 0 Å². The van der Waals surface area contributed by atoms with Gasteiger partial charge in [0.05, 0.1) is 6.10 Å². The van der Waals surface area contributed by atoms with E-state index < -0.39 is 42.5 Å². The molecule has 1 saturated heterocycles. The fourth-order valence-corrected chi connectivity index (χ4v) is 1.56. The molecule has 1 aliphatic rings. The third kappa shape index (κ3) is 2.94. The molecule has 1 aliphatic heterocycles. The number of rotatable bonds is 2. The van der Waals surface area contributed by atoms with Crippen molar-refractivity contribution < 1.29 is 37.7 Å².